The van der Waals surface area contributed by atoms with Crippen molar-refractivity contribution in [1.82, 2.24) is 4.98 Å². The van der Waals surface area contributed by atoms with Gasteiger partial charge in [0.05, 0.1) is 11.1 Å². The van der Waals surface area contributed by atoms with E-state index in [4.69, 9.17) is 11.0 Å². The Labute approximate surface area is 134 Å². The second-order valence-corrected chi connectivity index (χ2v) is 6.59. The molecule has 0 amide bonds. The van der Waals surface area contributed by atoms with Crippen LogP contribution in [-0.4, -0.2) is 15.9 Å². The Balaban J connectivity index is 2.03. The monoisotopic (exact) mass is 308 g/mol. The predicted octanol–water partition coefficient (Wildman–Crippen LogP) is 3.29. The molecule has 0 saturated heterocycles. The summed E-state index contributed by atoms with van der Waals surface area (Å²) in [6.45, 7) is 2.11. The number of hydrogen-bond acceptors (Lipinski definition) is 5. The molecule has 0 aliphatic carbocycles. The highest BCUT2D eigenvalue weighted by atomic mass is 32.2. The SMILES string of the molecule is C[C@@]1(c2cccc(-c3cncc(C#N)c3)c2)CCSC(N)=N1. The molecule has 2 heterocycles. The third-order valence-corrected chi connectivity index (χ3v) is 4.68. The number of pyridine rings is 1. The minimum absolute atomic E-state index is 0.286. The van der Waals surface area contributed by atoms with Crippen molar-refractivity contribution < 1.29 is 0 Å². The third kappa shape index (κ3) is 2.83. The van der Waals surface area contributed by atoms with Crippen molar-refractivity contribution in [3.05, 3.63) is 53.9 Å². The van der Waals surface area contributed by atoms with Gasteiger partial charge in [-0.25, -0.2) is 0 Å². The van der Waals surface area contributed by atoms with Crippen molar-refractivity contribution in [2.24, 2.45) is 10.7 Å². The highest BCUT2D eigenvalue weighted by Gasteiger charge is 2.29. The van der Waals surface area contributed by atoms with Gasteiger partial charge in [-0.2, -0.15) is 5.26 Å². The fourth-order valence-electron chi connectivity index (χ4n) is 2.59. The zero-order valence-corrected chi connectivity index (χ0v) is 13.1. The number of nitrogens with two attached hydrogens (primary N) is 1. The van der Waals surface area contributed by atoms with E-state index in [1.54, 1.807) is 24.2 Å². The van der Waals surface area contributed by atoms with Crippen molar-refractivity contribution >= 4 is 16.9 Å². The van der Waals surface area contributed by atoms with Gasteiger partial charge in [0, 0.05) is 23.7 Å². The fourth-order valence-corrected chi connectivity index (χ4v) is 3.56. The second-order valence-electron chi connectivity index (χ2n) is 5.48. The van der Waals surface area contributed by atoms with Gasteiger partial charge in [-0.1, -0.05) is 30.0 Å². The number of thioether (sulfide) groups is 1. The predicted molar refractivity (Wildman–Crippen MR) is 90.4 cm³/mol. The molecule has 1 aliphatic rings. The van der Waals surface area contributed by atoms with Crippen LogP contribution < -0.4 is 5.73 Å². The lowest BCUT2D eigenvalue weighted by molar-refractivity contribution is 0.482. The minimum Gasteiger partial charge on any atom is -0.379 e. The van der Waals surface area contributed by atoms with Crippen molar-refractivity contribution in [2.75, 3.05) is 5.75 Å². The van der Waals surface area contributed by atoms with E-state index in [-0.39, 0.29) is 5.54 Å². The molecule has 5 heteroatoms. The molecule has 4 nitrogen and oxygen atoms in total. The summed E-state index contributed by atoms with van der Waals surface area (Å²) in [6.07, 6.45) is 4.30. The first-order valence-corrected chi connectivity index (χ1v) is 8.03. The van der Waals surface area contributed by atoms with Gasteiger partial charge in [0.15, 0.2) is 5.17 Å². The van der Waals surface area contributed by atoms with E-state index >= 15 is 0 Å². The van der Waals surface area contributed by atoms with Gasteiger partial charge in [-0.15, -0.1) is 0 Å². The van der Waals surface area contributed by atoms with Crippen LogP contribution in [0.4, 0.5) is 0 Å². The number of nitrogens with zero attached hydrogens (tertiary/aromatic N) is 3. The topological polar surface area (TPSA) is 75.1 Å². The van der Waals surface area contributed by atoms with Gasteiger partial charge < -0.3 is 5.73 Å². The van der Waals surface area contributed by atoms with Crippen LogP contribution in [0, 0.1) is 11.3 Å². The summed E-state index contributed by atoms with van der Waals surface area (Å²) in [5, 5.41) is 9.66. The minimum atomic E-state index is -0.286. The molecule has 1 aromatic heterocycles. The molecule has 1 atom stereocenters. The second kappa shape index (κ2) is 5.82. The molecule has 22 heavy (non-hydrogen) atoms. The molecule has 0 radical (unpaired) electrons. The molecule has 3 rings (SSSR count). The van der Waals surface area contributed by atoms with Crippen LogP contribution in [0.15, 0.2) is 47.7 Å². The summed E-state index contributed by atoms with van der Waals surface area (Å²) < 4.78 is 0. The first-order chi connectivity index (χ1) is 10.6. The fraction of sp³-hybridized carbons (Fsp3) is 0.235. The molecule has 0 spiro atoms. The van der Waals surface area contributed by atoms with E-state index < -0.39 is 0 Å². The largest absolute Gasteiger partial charge is 0.379 e. The molecule has 0 bridgehead atoms. The van der Waals surface area contributed by atoms with E-state index in [1.165, 1.54) is 0 Å². The molecule has 110 valence electrons. The van der Waals surface area contributed by atoms with Crippen LogP contribution in [0.1, 0.15) is 24.5 Å². The first kappa shape index (κ1) is 14.6. The van der Waals surface area contributed by atoms with Gasteiger partial charge in [-0.05, 0) is 36.6 Å². The van der Waals surface area contributed by atoms with Crippen LogP contribution >= 0.6 is 11.8 Å². The lowest BCUT2D eigenvalue weighted by Crippen LogP contribution is -2.28. The Morgan fingerprint density at radius 2 is 2.14 bits per heavy atom. The number of aliphatic imine (C=N–C) groups is 1. The lowest BCUT2D eigenvalue weighted by Gasteiger charge is -2.30. The quantitative estimate of drug-likeness (QED) is 0.923. The highest BCUT2D eigenvalue weighted by Crippen LogP contribution is 2.36. The van der Waals surface area contributed by atoms with Crippen LogP contribution in [0.25, 0.3) is 11.1 Å². The summed E-state index contributed by atoms with van der Waals surface area (Å²) in [5.74, 6) is 0.974. The van der Waals surface area contributed by atoms with Gasteiger partial charge in [-0.3, -0.25) is 9.98 Å². The molecule has 1 aromatic carbocycles. The number of benzene rings is 1. The van der Waals surface area contributed by atoms with Gasteiger partial charge in [0.1, 0.15) is 6.07 Å². The van der Waals surface area contributed by atoms with E-state index in [9.17, 15) is 0 Å². The van der Waals surface area contributed by atoms with Crippen molar-refractivity contribution in [2.45, 2.75) is 18.9 Å². The maximum Gasteiger partial charge on any atom is 0.154 e. The Hall–Kier alpha value is -2.32. The zero-order valence-electron chi connectivity index (χ0n) is 12.3. The highest BCUT2D eigenvalue weighted by molar-refractivity contribution is 8.13. The molecule has 1 aliphatic heterocycles. The number of rotatable bonds is 2. The maximum absolute atomic E-state index is 9.01. The van der Waals surface area contributed by atoms with Crippen LogP contribution in [0.3, 0.4) is 0 Å². The Morgan fingerprint density at radius 3 is 2.91 bits per heavy atom. The van der Waals surface area contributed by atoms with E-state index in [0.717, 1.165) is 28.9 Å². The average Bonchev–Trinajstić information content (AvgIpc) is 2.55. The number of hydrogen-bond donors (Lipinski definition) is 1. The number of amidine groups is 1. The smallest absolute Gasteiger partial charge is 0.154 e. The number of aromatic nitrogens is 1. The molecular formula is C17H16N4S. The normalized spacial score (nSPS) is 21.0. The van der Waals surface area contributed by atoms with Crippen LogP contribution in [0.2, 0.25) is 0 Å². The van der Waals surface area contributed by atoms with E-state index in [1.807, 2.05) is 18.2 Å². The van der Waals surface area contributed by atoms with Crippen molar-refractivity contribution in [3.63, 3.8) is 0 Å². The summed E-state index contributed by atoms with van der Waals surface area (Å²) in [7, 11) is 0. The molecule has 2 aromatic rings. The van der Waals surface area contributed by atoms with Crippen LogP contribution in [0.5, 0.6) is 0 Å². The van der Waals surface area contributed by atoms with Gasteiger partial charge in [0.25, 0.3) is 0 Å². The first-order valence-electron chi connectivity index (χ1n) is 7.05. The molecule has 0 unspecified atom stereocenters. The molecular weight excluding hydrogens is 292 g/mol. The summed E-state index contributed by atoms with van der Waals surface area (Å²) in [4.78, 5) is 8.77. The standard InChI is InChI=1S/C17H16N4S/c1-17(5-6-22-16(19)21-17)15-4-2-3-13(8-15)14-7-12(9-18)10-20-11-14/h2-4,7-8,10-11H,5-6H2,1H3,(H2,19,21)/t17-/m0/s1. The summed E-state index contributed by atoms with van der Waals surface area (Å²) >= 11 is 1.60. The van der Waals surface area contributed by atoms with Gasteiger partial charge >= 0.3 is 0 Å². The number of nitriles is 1. The maximum atomic E-state index is 9.01. The van der Waals surface area contributed by atoms with Crippen molar-refractivity contribution in [3.8, 4) is 17.2 Å². The molecule has 0 saturated carbocycles. The van der Waals surface area contributed by atoms with E-state index in [0.29, 0.717) is 10.7 Å². The Bertz CT molecular complexity index is 778. The summed E-state index contributed by atoms with van der Waals surface area (Å²) in [6, 6.07) is 12.2. The third-order valence-electron chi connectivity index (χ3n) is 3.88. The van der Waals surface area contributed by atoms with Crippen molar-refractivity contribution in [1.29, 1.82) is 5.26 Å². The Kier molecular flexibility index (Phi) is 3.86. The van der Waals surface area contributed by atoms with E-state index in [2.05, 4.69) is 35.1 Å². The average molecular weight is 308 g/mol. The Morgan fingerprint density at radius 1 is 1.27 bits per heavy atom. The molecule has 2 N–H and O–H groups in total. The van der Waals surface area contributed by atoms with Gasteiger partial charge in [0.2, 0.25) is 0 Å². The lowest BCUT2D eigenvalue weighted by atomic mass is 9.88. The molecule has 0 fully saturated rings. The summed E-state index contributed by atoms with van der Waals surface area (Å²) in [5.41, 5.74) is 9.29. The zero-order chi connectivity index (χ0) is 15.6. The van der Waals surface area contributed by atoms with Crippen LogP contribution in [-0.2, 0) is 5.54 Å².